The number of amides is 1. The van der Waals surface area contributed by atoms with E-state index in [1.807, 2.05) is 18.2 Å². The van der Waals surface area contributed by atoms with Crippen molar-refractivity contribution >= 4 is 5.91 Å². The monoisotopic (exact) mass is 359 g/mol. The molecule has 0 aromatic heterocycles. The first-order valence-electron chi connectivity index (χ1n) is 9.99. The summed E-state index contributed by atoms with van der Waals surface area (Å²) >= 11 is 0. The highest BCUT2D eigenvalue weighted by atomic mass is 16.5. The third-order valence-corrected chi connectivity index (χ3v) is 6.01. The van der Waals surface area contributed by atoms with Gasteiger partial charge in [-0.1, -0.05) is 37.3 Å². The van der Waals surface area contributed by atoms with Crippen LogP contribution >= 0.6 is 0 Å². The van der Waals surface area contributed by atoms with Crippen LogP contribution in [-0.2, 0) is 14.9 Å². The van der Waals surface area contributed by atoms with E-state index >= 15 is 0 Å². The van der Waals surface area contributed by atoms with Crippen LogP contribution in [-0.4, -0.2) is 74.7 Å². The molecule has 0 saturated carbocycles. The first-order chi connectivity index (χ1) is 12.6. The van der Waals surface area contributed by atoms with Crippen molar-refractivity contribution in [2.45, 2.75) is 37.6 Å². The van der Waals surface area contributed by atoms with E-state index in [9.17, 15) is 4.79 Å². The number of benzene rings is 1. The summed E-state index contributed by atoms with van der Waals surface area (Å²) in [5.41, 5.74) is 0.671. The van der Waals surface area contributed by atoms with Crippen molar-refractivity contribution < 1.29 is 9.53 Å². The normalized spacial score (nSPS) is 22.7. The Bertz CT molecular complexity index is 564. The van der Waals surface area contributed by atoms with E-state index in [4.69, 9.17) is 4.74 Å². The minimum Gasteiger partial charge on any atom is -0.381 e. The standard InChI is InChI=1S/C21H33N3O2/c1-3-19(17-24-13-11-23(2)12-14-24)22-20(25)21(9-15-26-16-10-21)18-7-5-4-6-8-18/h4-8,19H,3,9-17H2,1-2H3,(H,22,25). The van der Waals surface area contributed by atoms with Crippen LogP contribution in [0.1, 0.15) is 31.7 Å². The number of hydrogen-bond acceptors (Lipinski definition) is 4. The van der Waals surface area contributed by atoms with Gasteiger partial charge in [-0.05, 0) is 31.9 Å². The second-order valence-electron chi connectivity index (χ2n) is 7.74. The molecule has 0 spiro atoms. The van der Waals surface area contributed by atoms with Crippen LogP contribution in [0.3, 0.4) is 0 Å². The van der Waals surface area contributed by atoms with Crippen LogP contribution in [0.2, 0.25) is 0 Å². The van der Waals surface area contributed by atoms with Crippen LogP contribution in [0.4, 0.5) is 0 Å². The lowest BCUT2D eigenvalue weighted by molar-refractivity contribution is -0.131. The molecule has 0 radical (unpaired) electrons. The molecule has 144 valence electrons. The minimum atomic E-state index is -0.449. The molecule has 1 aromatic carbocycles. The van der Waals surface area contributed by atoms with E-state index in [1.54, 1.807) is 0 Å². The number of carbonyl (C=O) groups excluding carboxylic acids is 1. The SMILES string of the molecule is CCC(CN1CCN(C)CC1)NC(=O)C1(c2ccccc2)CCOCC1. The third-order valence-electron chi connectivity index (χ3n) is 6.01. The van der Waals surface area contributed by atoms with Gasteiger partial charge in [-0.15, -0.1) is 0 Å². The molecule has 2 aliphatic rings. The van der Waals surface area contributed by atoms with E-state index in [2.05, 4.69) is 41.2 Å². The van der Waals surface area contributed by atoms with Gasteiger partial charge in [0.2, 0.25) is 5.91 Å². The molecule has 0 aliphatic carbocycles. The van der Waals surface area contributed by atoms with E-state index in [-0.39, 0.29) is 11.9 Å². The molecule has 1 N–H and O–H groups in total. The first kappa shape index (κ1) is 19.3. The number of piperazine rings is 1. The van der Waals surface area contributed by atoms with Crippen LogP contribution < -0.4 is 5.32 Å². The highest BCUT2D eigenvalue weighted by molar-refractivity contribution is 5.88. The smallest absolute Gasteiger partial charge is 0.231 e. The molecular weight excluding hydrogens is 326 g/mol. The van der Waals surface area contributed by atoms with Gasteiger partial charge in [-0.25, -0.2) is 0 Å². The summed E-state index contributed by atoms with van der Waals surface area (Å²) in [6, 6.07) is 10.5. The minimum absolute atomic E-state index is 0.174. The predicted molar refractivity (Wildman–Crippen MR) is 104 cm³/mol. The molecule has 2 fully saturated rings. The Morgan fingerprint density at radius 2 is 1.81 bits per heavy atom. The average molecular weight is 360 g/mol. The Kier molecular flexibility index (Phi) is 6.68. The van der Waals surface area contributed by atoms with Crippen LogP contribution in [0.15, 0.2) is 30.3 Å². The van der Waals surface area contributed by atoms with E-state index in [1.165, 1.54) is 0 Å². The molecule has 5 heteroatoms. The van der Waals surface area contributed by atoms with Gasteiger partial charge in [0.25, 0.3) is 0 Å². The van der Waals surface area contributed by atoms with Crippen molar-refractivity contribution in [3.8, 4) is 0 Å². The van der Waals surface area contributed by atoms with Gasteiger partial charge in [0.15, 0.2) is 0 Å². The van der Waals surface area contributed by atoms with Crippen molar-refractivity contribution in [3.05, 3.63) is 35.9 Å². The second kappa shape index (κ2) is 8.98. The van der Waals surface area contributed by atoms with Gasteiger partial charge in [-0.2, -0.15) is 0 Å². The number of rotatable bonds is 6. The van der Waals surface area contributed by atoms with Gasteiger partial charge in [-0.3, -0.25) is 9.69 Å². The van der Waals surface area contributed by atoms with Crippen molar-refractivity contribution in [2.75, 3.05) is 53.0 Å². The average Bonchev–Trinajstić information content (AvgIpc) is 2.70. The quantitative estimate of drug-likeness (QED) is 0.842. The van der Waals surface area contributed by atoms with E-state index < -0.39 is 5.41 Å². The summed E-state index contributed by atoms with van der Waals surface area (Å²) in [5, 5.41) is 3.38. The van der Waals surface area contributed by atoms with Crippen molar-refractivity contribution in [1.29, 1.82) is 0 Å². The molecule has 1 aromatic rings. The predicted octanol–water partition coefficient (Wildman–Crippen LogP) is 1.88. The zero-order valence-electron chi connectivity index (χ0n) is 16.2. The van der Waals surface area contributed by atoms with Crippen LogP contribution in [0.25, 0.3) is 0 Å². The van der Waals surface area contributed by atoms with Crippen LogP contribution in [0.5, 0.6) is 0 Å². The van der Waals surface area contributed by atoms with Gasteiger partial charge in [0.05, 0.1) is 5.41 Å². The number of carbonyl (C=O) groups is 1. The largest absolute Gasteiger partial charge is 0.381 e. The fraction of sp³-hybridized carbons (Fsp3) is 0.667. The summed E-state index contributed by atoms with van der Waals surface area (Å²) in [4.78, 5) is 18.2. The lowest BCUT2D eigenvalue weighted by atomic mass is 9.73. The zero-order valence-corrected chi connectivity index (χ0v) is 16.2. The maximum atomic E-state index is 13.4. The molecule has 2 heterocycles. The van der Waals surface area contributed by atoms with Crippen molar-refractivity contribution in [3.63, 3.8) is 0 Å². The van der Waals surface area contributed by atoms with Gasteiger partial charge in [0.1, 0.15) is 0 Å². The lowest BCUT2D eigenvalue weighted by Crippen LogP contribution is -2.55. The molecule has 0 bridgehead atoms. The molecule has 26 heavy (non-hydrogen) atoms. The number of ether oxygens (including phenoxy) is 1. The Morgan fingerprint density at radius 1 is 1.15 bits per heavy atom. The first-order valence-corrected chi connectivity index (χ1v) is 9.99. The van der Waals surface area contributed by atoms with E-state index in [0.29, 0.717) is 13.2 Å². The number of hydrogen-bond donors (Lipinski definition) is 1. The van der Waals surface area contributed by atoms with Gasteiger partial charge >= 0.3 is 0 Å². The highest BCUT2D eigenvalue weighted by Crippen LogP contribution is 2.35. The highest BCUT2D eigenvalue weighted by Gasteiger charge is 2.42. The fourth-order valence-corrected chi connectivity index (χ4v) is 4.07. The molecule has 1 amide bonds. The van der Waals surface area contributed by atoms with Crippen molar-refractivity contribution in [2.24, 2.45) is 0 Å². The van der Waals surface area contributed by atoms with Crippen LogP contribution in [0, 0.1) is 0 Å². The number of nitrogens with one attached hydrogen (secondary N) is 1. The maximum Gasteiger partial charge on any atom is 0.231 e. The molecule has 2 aliphatic heterocycles. The molecule has 2 saturated heterocycles. The zero-order chi connectivity index (χ0) is 18.4. The fourth-order valence-electron chi connectivity index (χ4n) is 4.07. The molecule has 3 rings (SSSR count). The Labute approximate surface area is 157 Å². The van der Waals surface area contributed by atoms with Gasteiger partial charge in [0, 0.05) is 52.0 Å². The van der Waals surface area contributed by atoms with Gasteiger partial charge < -0.3 is 15.0 Å². The second-order valence-corrected chi connectivity index (χ2v) is 7.74. The topological polar surface area (TPSA) is 44.8 Å². The van der Waals surface area contributed by atoms with Crippen molar-refractivity contribution in [1.82, 2.24) is 15.1 Å². The Morgan fingerprint density at radius 3 is 2.42 bits per heavy atom. The Hall–Kier alpha value is -1.43. The summed E-state index contributed by atoms with van der Waals surface area (Å²) in [6.07, 6.45) is 2.47. The summed E-state index contributed by atoms with van der Waals surface area (Å²) in [7, 11) is 2.17. The Balaban J connectivity index is 1.68. The summed E-state index contributed by atoms with van der Waals surface area (Å²) in [6.45, 7) is 8.79. The molecule has 1 unspecified atom stereocenters. The summed E-state index contributed by atoms with van der Waals surface area (Å²) in [5.74, 6) is 0.174. The number of nitrogens with zero attached hydrogens (tertiary/aromatic N) is 2. The molecule has 1 atom stereocenters. The van der Waals surface area contributed by atoms with E-state index in [0.717, 1.165) is 57.5 Å². The molecule has 5 nitrogen and oxygen atoms in total. The molecular formula is C21H33N3O2. The number of likely N-dealkylation sites (N-methyl/N-ethyl adjacent to an activating group) is 1. The third kappa shape index (κ3) is 4.45. The lowest BCUT2D eigenvalue weighted by Gasteiger charge is -2.39. The summed E-state index contributed by atoms with van der Waals surface area (Å²) < 4.78 is 5.57. The maximum absolute atomic E-state index is 13.4.